The van der Waals surface area contributed by atoms with Crippen LogP contribution in [0.3, 0.4) is 0 Å². The molecule has 1 amide bonds. The highest BCUT2D eigenvalue weighted by atomic mass is 19.4. The van der Waals surface area contributed by atoms with Crippen LogP contribution in [0.25, 0.3) is 11.1 Å². The number of amides is 1. The van der Waals surface area contributed by atoms with Crippen LogP contribution in [-0.4, -0.2) is 30.5 Å². The summed E-state index contributed by atoms with van der Waals surface area (Å²) < 4.78 is 42.1. The summed E-state index contributed by atoms with van der Waals surface area (Å²) in [6.07, 6.45) is -4.47. The van der Waals surface area contributed by atoms with Crippen LogP contribution in [0.2, 0.25) is 0 Å². The molecule has 0 radical (unpaired) electrons. The Balaban J connectivity index is 1.80. The summed E-state index contributed by atoms with van der Waals surface area (Å²) in [7, 11) is 0. The predicted molar refractivity (Wildman–Crippen MR) is 136 cm³/mol. The molecule has 0 saturated carbocycles. The second kappa shape index (κ2) is 12.3. The summed E-state index contributed by atoms with van der Waals surface area (Å²) >= 11 is 0. The number of hydrogen-bond acceptors (Lipinski definition) is 4. The molecule has 2 N–H and O–H groups in total. The van der Waals surface area contributed by atoms with E-state index >= 15 is 0 Å². The van der Waals surface area contributed by atoms with Gasteiger partial charge in [-0.2, -0.15) is 18.4 Å². The van der Waals surface area contributed by atoms with Crippen LogP contribution >= 0.6 is 0 Å². The average molecular weight is 508 g/mol. The number of rotatable bonds is 10. The fraction of sp³-hybridized carbons (Fsp3) is 0.276. The minimum absolute atomic E-state index is 0.0334. The smallest absolute Gasteiger partial charge is 0.342 e. The number of halogens is 3. The predicted octanol–water partition coefficient (Wildman–Crippen LogP) is 5.83. The zero-order chi connectivity index (χ0) is 27.0. The van der Waals surface area contributed by atoms with E-state index in [2.05, 4.69) is 10.6 Å². The van der Waals surface area contributed by atoms with Crippen molar-refractivity contribution in [3.63, 3.8) is 0 Å². The first-order chi connectivity index (χ1) is 17.6. The van der Waals surface area contributed by atoms with Crippen molar-refractivity contribution < 1.29 is 22.8 Å². The summed E-state index contributed by atoms with van der Waals surface area (Å²) in [5, 5.41) is 13.5. The Bertz CT molecular complexity index is 1230. The lowest BCUT2D eigenvalue weighted by Crippen LogP contribution is -2.49. The zero-order valence-electron chi connectivity index (χ0n) is 20.5. The fourth-order valence-corrected chi connectivity index (χ4v) is 3.99. The number of nitrogens with zero attached hydrogens (tertiary/aromatic N) is 1. The van der Waals surface area contributed by atoms with Gasteiger partial charge in [-0.3, -0.25) is 14.9 Å². The Hall–Kier alpha value is -3.96. The number of hydrogen-bond donors (Lipinski definition) is 2. The van der Waals surface area contributed by atoms with E-state index in [1.807, 2.05) is 19.9 Å². The third-order valence-corrected chi connectivity index (χ3v) is 5.82. The van der Waals surface area contributed by atoms with Gasteiger partial charge in [0.05, 0.1) is 12.1 Å². The molecule has 2 atom stereocenters. The number of benzene rings is 3. The van der Waals surface area contributed by atoms with Crippen LogP contribution in [0.1, 0.15) is 47.8 Å². The van der Waals surface area contributed by atoms with Gasteiger partial charge in [0.25, 0.3) is 0 Å². The highest BCUT2D eigenvalue weighted by molar-refractivity contribution is 6.09. The van der Waals surface area contributed by atoms with Crippen molar-refractivity contribution in [2.45, 2.75) is 38.5 Å². The highest BCUT2D eigenvalue weighted by Gasteiger charge is 2.42. The number of carbonyl (C=O) groups excluding carboxylic acids is 2. The largest absolute Gasteiger partial charge is 0.407 e. The first kappa shape index (κ1) is 27.6. The molecule has 0 aliphatic rings. The van der Waals surface area contributed by atoms with Gasteiger partial charge in [-0.1, -0.05) is 92.7 Å². The van der Waals surface area contributed by atoms with Gasteiger partial charge in [0.1, 0.15) is 12.6 Å². The third-order valence-electron chi connectivity index (χ3n) is 5.82. The Morgan fingerprint density at radius 2 is 1.41 bits per heavy atom. The molecule has 0 heterocycles. The summed E-state index contributed by atoms with van der Waals surface area (Å²) in [5.41, 5.74) is 2.49. The minimum Gasteiger partial charge on any atom is -0.342 e. The second-order valence-electron chi connectivity index (χ2n) is 9.09. The van der Waals surface area contributed by atoms with Crippen LogP contribution in [0, 0.1) is 17.2 Å². The molecule has 192 valence electrons. The van der Waals surface area contributed by atoms with Gasteiger partial charge >= 0.3 is 6.18 Å². The molecule has 0 bridgehead atoms. The van der Waals surface area contributed by atoms with Gasteiger partial charge in [0.2, 0.25) is 5.91 Å². The number of nitrogens with one attached hydrogen (secondary N) is 2. The van der Waals surface area contributed by atoms with Crippen molar-refractivity contribution in [3.8, 4) is 17.2 Å². The molecule has 0 saturated heterocycles. The molecule has 37 heavy (non-hydrogen) atoms. The lowest BCUT2D eigenvalue weighted by Gasteiger charge is -2.28. The third kappa shape index (κ3) is 7.51. The van der Waals surface area contributed by atoms with E-state index in [9.17, 15) is 22.8 Å². The van der Waals surface area contributed by atoms with E-state index in [1.54, 1.807) is 66.7 Å². The Morgan fingerprint density at radius 1 is 0.865 bits per heavy atom. The maximum atomic E-state index is 14.0. The van der Waals surface area contributed by atoms with Crippen molar-refractivity contribution in [2.75, 3.05) is 6.54 Å². The van der Waals surface area contributed by atoms with Crippen molar-refractivity contribution in [2.24, 2.45) is 5.92 Å². The summed E-state index contributed by atoms with van der Waals surface area (Å²) in [6.45, 7) is 3.33. The Morgan fingerprint density at radius 3 is 1.92 bits per heavy atom. The van der Waals surface area contributed by atoms with Crippen molar-refractivity contribution in [1.29, 1.82) is 5.26 Å². The van der Waals surface area contributed by atoms with E-state index in [4.69, 9.17) is 5.26 Å². The fourth-order valence-electron chi connectivity index (χ4n) is 3.99. The van der Waals surface area contributed by atoms with Gasteiger partial charge in [-0.25, -0.2) is 0 Å². The van der Waals surface area contributed by atoms with E-state index in [1.165, 1.54) is 12.1 Å². The van der Waals surface area contributed by atoms with Gasteiger partial charge in [0, 0.05) is 11.1 Å². The second-order valence-corrected chi connectivity index (χ2v) is 9.09. The molecule has 3 aromatic carbocycles. The molecule has 8 heteroatoms. The van der Waals surface area contributed by atoms with Crippen molar-refractivity contribution in [3.05, 3.63) is 95.6 Å². The van der Waals surface area contributed by atoms with Crippen LogP contribution < -0.4 is 10.6 Å². The molecule has 5 nitrogen and oxygen atoms in total. The highest BCUT2D eigenvalue weighted by Crippen LogP contribution is 2.34. The van der Waals surface area contributed by atoms with E-state index < -0.39 is 24.2 Å². The molecular weight excluding hydrogens is 479 g/mol. The Kier molecular flexibility index (Phi) is 9.20. The maximum Gasteiger partial charge on any atom is 0.407 e. The van der Waals surface area contributed by atoms with Gasteiger partial charge in [-0.05, 0) is 29.0 Å². The van der Waals surface area contributed by atoms with Gasteiger partial charge in [-0.15, -0.1) is 0 Å². The van der Waals surface area contributed by atoms with Crippen LogP contribution in [0.4, 0.5) is 13.2 Å². The molecule has 0 fully saturated rings. The summed E-state index contributed by atoms with van der Waals surface area (Å²) in [4.78, 5) is 25.0. The van der Waals surface area contributed by atoms with Crippen LogP contribution in [0.15, 0.2) is 78.9 Å². The SMILES string of the molecule is CC(C)C[C@H](N[C@@H](c1ccc(-c2ccc(C(=O)c3ccccc3)cc2)cc1)C(F)(F)F)C(=O)NCC#N. The summed E-state index contributed by atoms with van der Waals surface area (Å²) in [5.74, 6) is -0.805. The molecule has 3 rings (SSSR count). The van der Waals surface area contributed by atoms with Crippen molar-refractivity contribution in [1.82, 2.24) is 10.6 Å². The lowest BCUT2D eigenvalue weighted by molar-refractivity contribution is -0.161. The monoisotopic (exact) mass is 507 g/mol. The van der Waals surface area contributed by atoms with Crippen molar-refractivity contribution >= 4 is 11.7 Å². The zero-order valence-corrected chi connectivity index (χ0v) is 20.5. The standard InChI is InChI=1S/C29H28F3N3O2/c1-19(2)18-25(28(37)34-17-16-33)35-27(29(30,31)32)24-14-10-21(11-15-24)20-8-12-23(13-9-20)26(36)22-6-4-3-5-7-22/h3-15,19,25,27,35H,17-18H2,1-2H3,(H,34,37)/t25-,27-/m0/s1. The number of alkyl halides is 3. The lowest BCUT2D eigenvalue weighted by atomic mass is 9.96. The van der Waals surface area contributed by atoms with Crippen LogP contribution in [-0.2, 0) is 4.79 Å². The van der Waals surface area contributed by atoms with Crippen LogP contribution in [0.5, 0.6) is 0 Å². The average Bonchev–Trinajstić information content (AvgIpc) is 2.89. The molecule has 3 aromatic rings. The first-order valence-electron chi connectivity index (χ1n) is 11.9. The number of ketones is 1. The molecular formula is C29H28F3N3O2. The van der Waals surface area contributed by atoms with E-state index in [-0.39, 0.29) is 30.2 Å². The molecule has 0 unspecified atom stereocenters. The number of nitriles is 1. The molecule has 0 spiro atoms. The first-order valence-corrected chi connectivity index (χ1v) is 11.9. The number of carbonyl (C=O) groups is 2. The summed E-state index contributed by atoms with van der Waals surface area (Å²) in [6, 6.07) is 20.3. The minimum atomic E-state index is -4.65. The molecule has 0 aliphatic heterocycles. The quantitative estimate of drug-likeness (QED) is 0.267. The Labute approximate surface area is 214 Å². The van der Waals surface area contributed by atoms with Gasteiger partial charge in [0.15, 0.2) is 5.78 Å². The molecule has 0 aromatic heterocycles. The maximum absolute atomic E-state index is 14.0. The van der Waals surface area contributed by atoms with Gasteiger partial charge < -0.3 is 5.32 Å². The topological polar surface area (TPSA) is 82.0 Å². The van der Waals surface area contributed by atoms with E-state index in [0.717, 1.165) is 5.56 Å². The van der Waals surface area contributed by atoms with E-state index in [0.29, 0.717) is 16.7 Å². The molecule has 0 aliphatic carbocycles. The normalized spacial score (nSPS) is 13.0.